The maximum absolute atomic E-state index is 12.9. The lowest BCUT2D eigenvalue weighted by Crippen LogP contribution is -2.38. The molecule has 1 amide bonds. The quantitative estimate of drug-likeness (QED) is 0.485. The zero-order chi connectivity index (χ0) is 19.8. The number of piperidine rings is 1. The van der Waals surface area contributed by atoms with Crippen molar-refractivity contribution in [1.82, 2.24) is 24.6 Å². The first-order valence-electron chi connectivity index (χ1n) is 9.49. The average molecular weight is 424 g/mol. The molecule has 1 aliphatic heterocycles. The molecule has 0 atom stereocenters. The van der Waals surface area contributed by atoms with E-state index < -0.39 is 0 Å². The van der Waals surface area contributed by atoms with E-state index in [-0.39, 0.29) is 5.91 Å². The molecular weight excluding hydrogens is 406 g/mol. The summed E-state index contributed by atoms with van der Waals surface area (Å²) in [6.45, 7) is 1.45. The summed E-state index contributed by atoms with van der Waals surface area (Å²) in [5.74, 6) is 1.11. The lowest BCUT2D eigenvalue weighted by molar-refractivity contribution is 0.0712. The van der Waals surface area contributed by atoms with Crippen molar-refractivity contribution in [2.75, 3.05) is 13.1 Å². The summed E-state index contributed by atoms with van der Waals surface area (Å²) in [4.78, 5) is 23.9. The smallest absolute Gasteiger partial charge is 0.255 e. The number of hydrogen-bond donors (Lipinski definition) is 0. The Balaban J connectivity index is 1.25. The van der Waals surface area contributed by atoms with E-state index in [1.54, 1.807) is 28.4 Å². The number of likely N-dealkylation sites (tertiary alicyclic amines) is 1. The number of fused-ring (bicyclic) bond motifs is 1. The van der Waals surface area contributed by atoms with E-state index in [1.807, 2.05) is 47.5 Å². The second-order valence-corrected chi connectivity index (χ2v) is 8.58. The van der Waals surface area contributed by atoms with Crippen LogP contribution in [0.4, 0.5) is 0 Å². The fraction of sp³-hybridized carbons (Fsp3) is 0.238. The summed E-state index contributed by atoms with van der Waals surface area (Å²) < 4.78 is 2.83. The molecule has 0 N–H and O–H groups in total. The van der Waals surface area contributed by atoms with Crippen LogP contribution < -0.4 is 0 Å². The molecule has 0 saturated carbocycles. The van der Waals surface area contributed by atoms with Crippen LogP contribution in [0.3, 0.4) is 0 Å². The molecule has 6 nitrogen and oxygen atoms in total. The Morgan fingerprint density at radius 1 is 1.17 bits per heavy atom. The van der Waals surface area contributed by atoms with Gasteiger partial charge in [0.2, 0.25) is 0 Å². The Kier molecular flexibility index (Phi) is 4.77. The molecule has 0 spiro atoms. The largest absolute Gasteiger partial charge is 0.339 e. The van der Waals surface area contributed by atoms with Crippen LogP contribution in [0.1, 0.15) is 34.1 Å². The Morgan fingerprint density at radius 3 is 2.76 bits per heavy atom. The predicted octanol–water partition coefficient (Wildman–Crippen LogP) is 4.55. The van der Waals surface area contributed by atoms with Crippen molar-refractivity contribution in [2.45, 2.75) is 18.8 Å². The van der Waals surface area contributed by atoms with Crippen LogP contribution in [0.5, 0.6) is 0 Å². The predicted molar refractivity (Wildman–Crippen MR) is 114 cm³/mol. The molecule has 4 aromatic rings. The molecule has 4 heterocycles. The normalized spacial score (nSPS) is 15.1. The SMILES string of the molecule is O=C(c1ccc(-n2cccn2)nc1)N1CCC(c2nc3cc(Cl)ccc3s2)CC1. The number of nitrogens with zero attached hydrogens (tertiary/aromatic N) is 5. The summed E-state index contributed by atoms with van der Waals surface area (Å²) in [6.07, 6.45) is 6.98. The molecule has 5 rings (SSSR count). The van der Waals surface area contributed by atoms with Gasteiger partial charge in [0.1, 0.15) is 0 Å². The van der Waals surface area contributed by atoms with E-state index in [9.17, 15) is 4.79 Å². The average Bonchev–Trinajstić information content (AvgIpc) is 3.43. The van der Waals surface area contributed by atoms with Crippen LogP contribution in [0.25, 0.3) is 16.0 Å². The van der Waals surface area contributed by atoms with Crippen LogP contribution in [-0.2, 0) is 0 Å². The summed E-state index contributed by atoms with van der Waals surface area (Å²) in [6, 6.07) is 11.3. The number of amides is 1. The first-order chi connectivity index (χ1) is 14.2. The molecule has 146 valence electrons. The number of pyridine rings is 1. The number of hydrogen-bond acceptors (Lipinski definition) is 5. The fourth-order valence-corrected chi connectivity index (χ4v) is 4.94. The van der Waals surface area contributed by atoms with E-state index in [4.69, 9.17) is 16.6 Å². The van der Waals surface area contributed by atoms with Crippen LogP contribution in [0, 0.1) is 0 Å². The zero-order valence-corrected chi connectivity index (χ0v) is 17.1. The third-order valence-electron chi connectivity index (χ3n) is 5.23. The van der Waals surface area contributed by atoms with Crippen LogP contribution >= 0.6 is 22.9 Å². The Morgan fingerprint density at radius 2 is 2.03 bits per heavy atom. The summed E-state index contributed by atoms with van der Waals surface area (Å²) >= 11 is 7.80. The maximum atomic E-state index is 12.9. The highest BCUT2D eigenvalue weighted by Gasteiger charge is 2.26. The number of carbonyl (C=O) groups excluding carboxylic acids is 1. The molecule has 1 aromatic carbocycles. The number of benzene rings is 1. The first-order valence-corrected chi connectivity index (χ1v) is 10.7. The van der Waals surface area contributed by atoms with Gasteiger partial charge in [0, 0.05) is 42.6 Å². The van der Waals surface area contributed by atoms with Gasteiger partial charge in [0.15, 0.2) is 5.82 Å². The second-order valence-electron chi connectivity index (χ2n) is 7.09. The van der Waals surface area contributed by atoms with Crippen molar-refractivity contribution in [3.8, 4) is 5.82 Å². The van der Waals surface area contributed by atoms with Crippen LogP contribution in [0.15, 0.2) is 55.0 Å². The number of rotatable bonds is 3. The highest BCUT2D eigenvalue weighted by Crippen LogP contribution is 2.35. The van der Waals surface area contributed by atoms with E-state index in [2.05, 4.69) is 10.1 Å². The molecule has 1 saturated heterocycles. The van der Waals surface area contributed by atoms with Gasteiger partial charge in [-0.15, -0.1) is 11.3 Å². The summed E-state index contributed by atoms with van der Waals surface area (Å²) in [7, 11) is 0. The van der Waals surface area contributed by atoms with Crippen LogP contribution in [0.2, 0.25) is 5.02 Å². The van der Waals surface area contributed by atoms with Crippen molar-refractivity contribution < 1.29 is 4.79 Å². The maximum Gasteiger partial charge on any atom is 0.255 e. The third kappa shape index (κ3) is 3.63. The van der Waals surface area contributed by atoms with Gasteiger partial charge in [-0.05, 0) is 49.2 Å². The molecule has 1 fully saturated rings. The molecule has 29 heavy (non-hydrogen) atoms. The van der Waals surface area contributed by atoms with Gasteiger partial charge in [-0.3, -0.25) is 4.79 Å². The number of thiazole rings is 1. The number of aromatic nitrogens is 4. The molecule has 0 unspecified atom stereocenters. The van der Waals surface area contributed by atoms with Gasteiger partial charge >= 0.3 is 0 Å². The van der Waals surface area contributed by atoms with E-state index in [0.29, 0.717) is 22.3 Å². The molecule has 0 bridgehead atoms. The molecule has 1 aliphatic rings. The molecule has 8 heteroatoms. The van der Waals surface area contributed by atoms with E-state index >= 15 is 0 Å². The summed E-state index contributed by atoms with van der Waals surface area (Å²) in [5.41, 5.74) is 1.56. The van der Waals surface area contributed by atoms with Gasteiger partial charge in [0.25, 0.3) is 5.91 Å². The van der Waals surface area contributed by atoms with Crippen LogP contribution in [-0.4, -0.2) is 43.6 Å². The highest BCUT2D eigenvalue weighted by atomic mass is 35.5. The van der Waals surface area contributed by atoms with E-state index in [0.717, 1.165) is 41.2 Å². The lowest BCUT2D eigenvalue weighted by atomic mass is 9.97. The monoisotopic (exact) mass is 423 g/mol. The Labute approximate surface area is 176 Å². The minimum atomic E-state index is 0.0269. The third-order valence-corrected chi connectivity index (χ3v) is 6.67. The molecular formula is C21H18ClN5OS. The topological polar surface area (TPSA) is 63.9 Å². The Hall–Kier alpha value is -2.77. The van der Waals surface area contributed by atoms with Gasteiger partial charge < -0.3 is 4.90 Å². The van der Waals surface area contributed by atoms with Gasteiger partial charge in [-0.25, -0.2) is 14.6 Å². The second kappa shape index (κ2) is 7.57. The lowest BCUT2D eigenvalue weighted by Gasteiger charge is -2.31. The fourth-order valence-electron chi connectivity index (χ4n) is 3.66. The van der Waals surface area contributed by atoms with Gasteiger partial charge in [-0.2, -0.15) is 5.10 Å². The molecule has 0 radical (unpaired) electrons. The Bertz CT molecular complexity index is 1150. The first kappa shape index (κ1) is 18.3. The van der Waals surface area contributed by atoms with Crippen molar-refractivity contribution in [3.63, 3.8) is 0 Å². The highest BCUT2D eigenvalue weighted by molar-refractivity contribution is 7.18. The van der Waals surface area contributed by atoms with Crippen molar-refractivity contribution in [2.24, 2.45) is 0 Å². The standard InChI is InChI=1S/C21H18ClN5OS/c22-16-3-4-18-17(12-16)25-20(29-18)14-6-10-26(11-7-14)21(28)15-2-5-19(23-13-15)27-9-1-8-24-27/h1-5,8-9,12-14H,6-7,10-11H2. The zero-order valence-electron chi connectivity index (χ0n) is 15.5. The van der Waals surface area contributed by atoms with Crippen molar-refractivity contribution >= 4 is 39.1 Å². The van der Waals surface area contributed by atoms with Crippen molar-refractivity contribution in [1.29, 1.82) is 0 Å². The molecule has 3 aromatic heterocycles. The summed E-state index contributed by atoms with van der Waals surface area (Å²) in [5, 5.41) is 6.00. The van der Waals surface area contributed by atoms with Gasteiger partial charge in [-0.1, -0.05) is 11.6 Å². The van der Waals surface area contributed by atoms with E-state index in [1.165, 1.54) is 0 Å². The minimum absolute atomic E-state index is 0.0269. The number of halogens is 1. The minimum Gasteiger partial charge on any atom is -0.339 e. The van der Waals surface area contributed by atoms with Gasteiger partial charge in [0.05, 0.1) is 20.8 Å². The molecule has 0 aliphatic carbocycles. The number of carbonyl (C=O) groups is 1. The van der Waals surface area contributed by atoms with Crippen molar-refractivity contribution in [3.05, 3.63) is 70.6 Å².